The maximum atomic E-state index is 12.2. The van der Waals surface area contributed by atoms with E-state index < -0.39 is 0 Å². The quantitative estimate of drug-likeness (QED) is 0.588. The Balaban J connectivity index is 1.51. The van der Waals surface area contributed by atoms with Crippen molar-refractivity contribution in [2.24, 2.45) is 0 Å². The lowest BCUT2D eigenvalue weighted by Gasteiger charge is -2.09. The van der Waals surface area contributed by atoms with Gasteiger partial charge in [-0.2, -0.15) is 0 Å². The molecule has 0 bridgehead atoms. The Morgan fingerprint density at radius 2 is 1.67 bits per heavy atom. The first-order chi connectivity index (χ1) is 13.1. The van der Waals surface area contributed by atoms with Crippen molar-refractivity contribution >= 4 is 28.9 Å². The van der Waals surface area contributed by atoms with Crippen LogP contribution in [0.4, 0.5) is 11.4 Å². The Morgan fingerprint density at radius 1 is 0.963 bits per heavy atom. The summed E-state index contributed by atoms with van der Waals surface area (Å²) in [6, 6.07) is 22.5. The average molecular weight is 381 g/mol. The number of carbonyl (C=O) groups is 1. The van der Waals surface area contributed by atoms with Crippen molar-refractivity contribution in [2.75, 3.05) is 24.3 Å². The van der Waals surface area contributed by atoms with Crippen LogP contribution in [0, 0.1) is 0 Å². The van der Waals surface area contributed by atoms with Crippen LogP contribution in [0.15, 0.2) is 72.8 Å². The van der Waals surface area contributed by atoms with Crippen LogP contribution < -0.4 is 15.4 Å². The number of ether oxygens (including phenoxy) is 1. The summed E-state index contributed by atoms with van der Waals surface area (Å²) < 4.78 is 5.24. The minimum absolute atomic E-state index is 0.162. The lowest BCUT2D eigenvalue weighted by molar-refractivity contribution is 0.102. The van der Waals surface area contributed by atoms with Crippen LogP contribution in [0.5, 0.6) is 5.75 Å². The topological polar surface area (TPSA) is 50.4 Å². The lowest BCUT2D eigenvalue weighted by Crippen LogP contribution is -2.11. The van der Waals surface area contributed by atoms with Crippen molar-refractivity contribution in [3.63, 3.8) is 0 Å². The van der Waals surface area contributed by atoms with Crippen LogP contribution in [0.2, 0.25) is 5.02 Å². The number of nitrogens with one attached hydrogen (secondary N) is 2. The third-order valence-corrected chi connectivity index (χ3v) is 4.38. The number of hydrogen-bond donors (Lipinski definition) is 2. The highest BCUT2D eigenvalue weighted by molar-refractivity contribution is 6.30. The van der Waals surface area contributed by atoms with Crippen LogP contribution in [0.1, 0.15) is 15.9 Å². The van der Waals surface area contributed by atoms with Gasteiger partial charge in [0.05, 0.1) is 7.11 Å². The molecule has 0 heterocycles. The SMILES string of the molecule is COc1cccc(CCNc2ccc(NC(=O)c3ccc(Cl)cc3)cc2)c1. The van der Waals surface area contributed by atoms with Gasteiger partial charge in [-0.1, -0.05) is 23.7 Å². The van der Waals surface area contributed by atoms with Crippen molar-refractivity contribution in [3.8, 4) is 5.75 Å². The highest BCUT2D eigenvalue weighted by Crippen LogP contribution is 2.17. The number of anilines is 2. The van der Waals surface area contributed by atoms with E-state index in [1.54, 1.807) is 31.4 Å². The molecule has 3 aromatic rings. The van der Waals surface area contributed by atoms with Gasteiger partial charge >= 0.3 is 0 Å². The van der Waals surface area contributed by atoms with Gasteiger partial charge in [0.25, 0.3) is 5.91 Å². The summed E-state index contributed by atoms with van der Waals surface area (Å²) >= 11 is 5.84. The lowest BCUT2D eigenvalue weighted by atomic mass is 10.1. The number of carbonyl (C=O) groups excluding carboxylic acids is 1. The Kier molecular flexibility index (Phi) is 6.34. The summed E-state index contributed by atoms with van der Waals surface area (Å²) in [6.07, 6.45) is 0.895. The highest BCUT2D eigenvalue weighted by atomic mass is 35.5. The van der Waals surface area contributed by atoms with E-state index in [9.17, 15) is 4.79 Å². The molecule has 0 atom stereocenters. The first-order valence-electron chi connectivity index (χ1n) is 8.68. The van der Waals surface area contributed by atoms with E-state index in [0.717, 1.165) is 30.1 Å². The Morgan fingerprint density at radius 3 is 2.37 bits per heavy atom. The molecule has 0 unspecified atom stereocenters. The standard InChI is InChI=1S/C22H21ClN2O2/c1-27-21-4-2-3-16(15-21)13-14-24-19-9-11-20(12-10-19)25-22(26)17-5-7-18(23)8-6-17/h2-12,15,24H,13-14H2,1H3,(H,25,26). The van der Waals surface area contributed by atoms with Crippen LogP contribution >= 0.6 is 11.6 Å². The maximum Gasteiger partial charge on any atom is 0.255 e. The maximum absolute atomic E-state index is 12.2. The van der Waals surface area contributed by atoms with Gasteiger partial charge in [0.2, 0.25) is 0 Å². The normalized spacial score (nSPS) is 10.3. The molecule has 0 radical (unpaired) electrons. The second kappa shape index (κ2) is 9.10. The molecular weight excluding hydrogens is 360 g/mol. The van der Waals surface area contributed by atoms with Gasteiger partial charge in [-0.3, -0.25) is 4.79 Å². The first-order valence-corrected chi connectivity index (χ1v) is 9.05. The summed E-state index contributed by atoms with van der Waals surface area (Å²) in [4.78, 5) is 12.2. The zero-order valence-corrected chi connectivity index (χ0v) is 15.8. The highest BCUT2D eigenvalue weighted by Gasteiger charge is 2.05. The van der Waals surface area contributed by atoms with Crippen molar-refractivity contribution in [2.45, 2.75) is 6.42 Å². The first kappa shape index (κ1) is 18.8. The van der Waals surface area contributed by atoms with Gasteiger partial charge in [-0.05, 0) is 72.6 Å². The molecule has 5 heteroatoms. The molecule has 2 N–H and O–H groups in total. The number of methoxy groups -OCH3 is 1. The summed E-state index contributed by atoms with van der Waals surface area (Å²) in [6.45, 7) is 0.809. The number of benzene rings is 3. The predicted molar refractivity (Wildman–Crippen MR) is 111 cm³/mol. The molecule has 0 aliphatic heterocycles. The smallest absolute Gasteiger partial charge is 0.255 e. The van der Waals surface area contributed by atoms with Crippen molar-refractivity contribution in [3.05, 3.63) is 88.9 Å². The fourth-order valence-corrected chi connectivity index (χ4v) is 2.78. The summed E-state index contributed by atoms with van der Waals surface area (Å²) in [5.74, 6) is 0.707. The second-order valence-electron chi connectivity index (χ2n) is 6.07. The molecule has 0 saturated heterocycles. The van der Waals surface area contributed by atoms with Crippen LogP contribution in [0.25, 0.3) is 0 Å². The number of rotatable bonds is 7. The van der Waals surface area contributed by atoms with Gasteiger partial charge in [0.1, 0.15) is 5.75 Å². The zero-order chi connectivity index (χ0) is 19.1. The van der Waals surface area contributed by atoms with E-state index >= 15 is 0 Å². The summed E-state index contributed by atoms with van der Waals surface area (Å²) in [5.41, 5.74) is 3.53. The molecule has 0 spiro atoms. The zero-order valence-electron chi connectivity index (χ0n) is 15.0. The molecule has 0 aromatic heterocycles. The van der Waals surface area contributed by atoms with Gasteiger partial charge in [0.15, 0.2) is 0 Å². The molecular formula is C22H21ClN2O2. The fraction of sp³-hybridized carbons (Fsp3) is 0.136. The molecule has 138 valence electrons. The van der Waals surface area contributed by atoms with Gasteiger partial charge in [-0.15, -0.1) is 0 Å². The third-order valence-electron chi connectivity index (χ3n) is 4.13. The number of halogens is 1. The third kappa shape index (κ3) is 5.50. The Bertz CT molecular complexity index is 893. The number of amides is 1. The average Bonchev–Trinajstić information content (AvgIpc) is 2.70. The Labute approximate surface area is 164 Å². The van der Waals surface area contributed by atoms with Crippen LogP contribution in [0.3, 0.4) is 0 Å². The molecule has 0 aliphatic carbocycles. The molecule has 3 aromatic carbocycles. The van der Waals surface area contributed by atoms with E-state index in [2.05, 4.69) is 16.7 Å². The van der Waals surface area contributed by atoms with Crippen LogP contribution in [-0.4, -0.2) is 19.6 Å². The van der Waals surface area contributed by atoms with Crippen LogP contribution in [-0.2, 0) is 6.42 Å². The second-order valence-corrected chi connectivity index (χ2v) is 6.50. The van der Waals surface area contributed by atoms with E-state index in [0.29, 0.717) is 10.6 Å². The summed E-state index contributed by atoms with van der Waals surface area (Å²) in [7, 11) is 1.67. The summed E-state index contributed by atoms with van der Waals surface area (Å²) in [5, 5.41) is 6.86. The number of hydrogen-bond acceptors (Lipinski definition) is 3. The van der Waals surface area contributed by atoms with E-state index in [4.69, 9.17) is 16.3 Å². The molecule has 0 fully saturated rings. The largest absolute Gasteiger partial charge is 0.497 e. The predicted octanol–water partition coefficient (Wildman–Crippen LogP) is 5.26. The van der Waals surface area contributed by atoms with Gasteiger partial charge < -0.3 is 15.4 Å². The molecule has 0 saturated carbocycles. The molecule has 27 heavy (non-hydrogen) atoms. The van der Waals surface area contributed by atoms with Crippen molar-refractivity contribution in [1.82, 2.24) is 0 Å². The Hall–Kier alpha value is -2.98. The monoisotopic (exact) mass is 380 g/mol. The minimum atomic E-state index is -0.162. The molecule has 3 rings (SSSR count). The minimum Gasteiger partial charge on any atom is -0.497 e. The van der Waals surface area contributed by atoms with Gasteiger partial charge in [-0.25, -0.2) is 0 Å². The molecule has 0 aliphatic rings. The molecule has 4 nitrogen and oxygen atoms in total. The van der Waals surface area contributed by atoms with Crippen molar-refractivity contribution < 1.29 is 9.53 Å². The van der Waals surface area contributed by atoms with Crippen molar-refractivity contribution in [1.29, 1.82) is 0 Å². The van der Waals surface area contributed by atoms with Gasteiger partial charge in [0, 0.05) is 28.5 Å². The van der Waals surface area contributed by atoms with E-state index in [1.807, 2.05) is 42.5 Å². The van der Waals surface area contributed by atoms with E-state index in [1.165, 1.54) is 5.56 Å². The van der Waals surface area contributed by atoms with E-state index in [-0.39, 0.29) is 5.91 Å². The molecule has 1 amide bonds. The fourth-order valence-electron chi connectivity index (χ4n) is 2.66.